The van der Waals surface area contributed by atoms with Crippen molar-refractivity contribution in [2.45, 2.75) is 26.1 Å². The zero-order chi connectivity index (χ0) is 14.1. The minimum absolute atomic E-state index is 0.143. The van der Waals surface area contributed by atoms with E-state index in [0.29, 0.717) is 5.75 Å². The standard InChI is InChI=1S/C15H20N4O/c1-11(16-2)13-4-3-12(9-14(13)20)19-8-7-18-6-5-17-15(18)10-19/h3-6,9,11,16,20H,7-8,10H2,1-2H3. The van der Waals surface area contributed by atoms with Crippen molar-refractivity contribution in [3.8, 4) is 5.75 Å². The Kier molecular flexibility index (Phi) is 3.36. The van der Waals surface area contributed by atoms with Crippen molar-refractivity contribution in [3.63, 3.8) is 0 Å². The molecule has 1 aromatic carbocycles. The van der Waals surface area contributed by atoms with Gasteiger partial charge in [0.25, 0.3) is 0 Å². The van der Waals surface area contributed by atoms with E-state index in [1.54, 1.807) is 0 Å². The van der Waals surface area contributed by atoms with E-state index in [1.165, 1.54) is 0 Å². The molecule has 20 heavy (non-hydrogen) atoms. The molecule has 0 saturated heterocycles. The Morgan fingerprint density at radius 1 is 1.35 bits per heavy atom. The first-order valence-corrected chi connectivity index (χ1v) is 6.94. The SMILES string of the molecule is CNC(C)c1ccc(N2CCn3ccnc3C2)cc1O. The molecule has 1 aliphatic heterocycles. The summed E-state index contributed by atoms with van der Waals surface area (Å²) in [7, 11) is 1.89. The van der Waals surface area contributed by atoms with E-state index in [-0.39, 0.29) is 6.04 Å². The number of anilines is 1. The Morgan fingerprint density at radius 3 is 2.95 bits per heavy atom. The van der Waals surface area contributed by atoms with Gasteiger partial charge in [0.2, 0.25) is 0 Å². The number of benzene rings is 1. The van der Waals surface area contributed by atoms with Crippen LogP contribution in [0.4, 0.5) is 5.69 Å². The second kappa shape index (κ2) is 5.17. The van der Waals surface area contributed by atoms with Crippen LogP contribution >= 0.6 is 0 Å². The molecule has 0 fully saturated rings. The number of aromatic nitrogens is 2. The predicted octanol–water partition coefficient (Wildman–Crippen LogP) is 1.89. The quantitative estimate of drug-likeness (QED) is 0.896. The zero-order valence-electron chi connectivity index (χ0n) is 11.9. The lowest BCUT2D eigenvalue weighted by Crippen LogP contribution is -2.33. The number of hydrogen-bond acceptors (Lipinski definition) is 4. The summed E-state index contributed by atoms with van der Waals surface area (Å²) in [6.07, 6.45) is 3.86. The van der Waals surface area contributed by atoms with Gasteiger partial charge < -0.3 is 19.9 Å². The summed E-state index contributed by atoms with van der Waals surface area (Å²) < 4.78 is 2.17. The second-order valence-corrected chi connectivity index (χ2v) is 5.21. The van der Waals surface area contributed by atoms with Crippen LogP contribution in [-0.2, 0) is 13.1 Å². The molecule has 1 atom stereocenters. The van der Waals surface area contributed by atoms with Crippen molar-refractivity contribution < 1.29 is 5.11 Å². The predicted molar refractivity (Wildman–Crippen MR) is 78.9 cm³/mol. The molecule has 106 valence electrons. The van der Waals surface area contributed by atoms with E-state index >= 15 is 0 Å². The van der Waals surface area contributed by atoms with E-state index in [4.69, 9.17) is 0 Å². The number of aromatic hydroxyl groups is 1. The van der Waals surface area contributed by atoms with Crippen molar-refractivity contribution in [1.29, 1.82) is 0 Å². The number of nitrogens with one attached hydrogen (secondary N) is 1. The average Bonchev–Trinajstić information content (AvgIpc) is 2.93. The van der Waals surface area contributed by atoms with Crippen molar-refractivity contribution in [1.82, 2.24) is 14.9 Å². The number of phenols is 1. The molecule has 2 aromatic rings. The highest BCUT2D eigenvalue weighted by atomic mass is 16.3. The first-order valence-electron chi connectivity index (χ1n) is 6.94. The topological polar surface area (TPSA) is 53.3 Å². The number of nitrogens with zero attached hydrogens (tertiary/aromatic N) is 3. The van der Waals surface area contributed by atoms with Gasteiger partial charge in [0, 0.05) is 48.8 Å². The minimum Gasteiger partial charge on any atom is -0.508 e. The molecule has 0 aliphatic carbocycles. The number of rotatable bonds is 3. The third-order valence-electron chi connectivity index (χ3n) is 4.02. The molecule has 0 saturated carbocycles. The smallest absolute Gasteiger partial charge is 0.128 e. The van der Waals surface area contributed by atoms with Crippen LogP contribution in [-0.4, -0.2) is 28.3 Å². The van der Waals surface area contributed by atoms with E-state index < -0.39 is 0 Å². The third-order valence-corrected chi connectivity index (χ3v) is 4.02. The lowest BCUT2D eigenvalue weighted by molar-refractivity contribution is 0.457. The highest BCUT2D eigenvalue weighted by Gasteiger charge is 2.18. The number of fused-ring (bicyclic) bond motifs is 1. The average molecular weight is 272 g/mol. The van der Waals surface area contributed by atoms with Crippen molar-refractivity contribution in [3.05, 3.63) is 42.0 Å². The molecular formula is C15H20N4O. The van der Waals surface area contributed by atoms with Gasteiger partial charge in [-0.25, -0.2) is 4.98 Å². The molecule has 1 unspecified atom stereocenters. The van der Waals surface area contributed by atoms with Gasteiger partial charge in [-0.15, -0.1) is 0 Å². The van der Waals surface area contributed by atoms with E-state index in [1.807, 2.05) is 38.5 Å². The minimum atomic E-state index is 0.143. The fourth-order valence-electron chi connectivity index (χ4n) is 2.64. The van der Waals surface area contributed by atoms with Crippen molar-refractivity contribution in [2.24, 2.45) is 0 Å². The Morgan fingerprint density at radius 2 is 2.20 bits per heavy atom. The van der Waals surface area contributed by atoms with Crippen LogP contribution in [0, 0.1) is 0 Å². The Balaban J connectivity index is 1.84. The molecule has 5 heteroatoms. The molecule has 3 rings (SSSR count). The molecule has 0 amide bonds. The van der Waals surface area contributed by atoms with Gasteiger partial charge in [-0.2, -0.15) is 0 Å². The van der Waals surface area contributed by atoms with E-state index in [9.17, 15) is 5.11 Å². The van der Waals surface area contributed by atoms with Gasteiger partial charge in [0.05, 0.1) is 6.54 Å². The molecule has 0 radical (unpaired) electrons. The summed E-state index contributed by atoms with van der Waals surface area (Å²) in [6.45, 7) is 4.69. The maximum Gasteiger partial charge on any atom is 0.128 e. The fraction of sp³-hybridized carbons (Fsp3) is 0.400. The van der Waals surface area contributed by atoms with Crippen LogP contribution in [0.5, 0.6) is 5.75 Å². The molecule has 1 aliphatic rings. The van der Waals surface area contributed by atoms with Crippen LogP contribution in [0.1, 0.15) is 24.4 Å². The van der Waals surface area contributed by atoms with Crippen LogP contribution < -0.4 is 10.2 Å². The largest absolute Gasteiger partial charge is 0.508 e. The molecule has 1 aromatic heterocycles. The Hall–Kier alpha value is -2.01. The number of imidazole rings is 1. The Labute approximate surface area is 118 Å². The highest BCUT2D eigenvalue weighted by Crippen LogP contribution is 2.30. The van der Waals surface area contributed by atoms with Crippen molar-refractivity contribution >= 4 is 5.69 Å². The molecular weight excluding hydrogens is 252 g/mol. The van der Waals surface area contributed by atoms with E-state index in [0.717, 1.165) is 36.7 Å². The molecule has 5 nitrogen and oxygen atoms in total. The van der Waals surface area contributed by atoms with Gasteiger partial charge in [-0.1, -0.05) is 6.07 Å². The second-order valence-electron chi connectivity index (χ2n) is 5.21. The number of phenolic OH excluding ortho intramolecular Hbond substituents is 1. The lowest BCUT2D eigenvalue weighted by Gasteiger charge is -2.30. The normalized spacial score (nSPS) is 16.0. The first kappa shape index (κ1) is 13.0. The molecule has 0 bridgehead atoms. The van der Waals surface area contributed by atoms with Gasteiger partial charge in [0.15, 0.2) is 0 Å². The van der Waals surface area contributed by atoms with Crippen LogP contribution in [0.2, 0.25) is 0 Å². The monoisotopic (exact) mass is 272 g/mol. The first-order chi connectivity index (χ1) is 9.69. The van der Waals surface area contributed by atoms with Crippen molar-refractivity contribution in [2.75, 3.05) is 18.5 Å². The maximum absolute atomic E-state index is 10.2. The summed E-state index contributed by atoms with van der Waals surface area (Å²) in [5, 5.41) is 13.3. The zero-order valence-corrected chi connectivity index (χ0v) is 11.9. The Bertz CT molecular complexity index is 608. The fourth-order valence-corrected chi connectivity index (χ4v) is 2.64. The van der Waals surface area contributed by atoms with Gasteiger partial charge in [0.1, 0.15) is 11.6 Å². The summed E-state index contributed by atoms with van der Waals surface area (Å²) in [4.78, 5) is 6.61. The summed E-state index contributed by atoms with van der Waals surface area (Å²) in [5.74, 6) is 1.42. The van der Waals surface area contributed by atoms with E-state index in [2.05, 4.69) is 25.8 Å². The molecule has 2 N–H and O–H groups in total. The lowest BCUT2D eigenvalue weighted by atomic mass is 10.1. The summed E-state index contributed by atoms with van der Waals surface area (Å²) in [6, 6.07) is 6.06. The summed E-state index contributed by atoms with van der Waals surface area (Å²) in [5.41, 5.74) is 1.97. The van der Waals surface area contributed by atoms with Gasteiger partial charge >= 0.3 is 0 Å². The van der Waals surface area contributed by atoms with Gasteiger partial charge in [-0.05, 0) is 20.0 Å². The van der Waals surface area contributed by atoms with Gasteiger partial charge in [-0.3, -0.25) is 0 Å². The highest BCUT2D eigenvalue weighted by molar-refractivity contribution is 5.54. The number of hydrogen-bond donors (Lipinski definition) is 2. The van der Waals surface area contributed by atoms with Crippen LogP contribution in [0.25, 0.3) is 0 Å². The molecule has 0 spiro atoms. The summed E-state index contributed by atoms with van der Waals surface area (Å²) >= 11 is 0. The van der Waals surface area contributed by atoms with Crippen LogP contribution in [0.15, 0.2) is 30.6 Å². The maximum atomic E-state index is 10.2. The molecule has 2 heterocycles. The third kappa shape index (κ3) is 2.25. The van der Waals surface area contributed by atoms with Crippen LogP contribution in [0.3, 0.4) is 0 Å².